The summed E-state index contributed by atoms with van der Waals surface area (Å²) in [5, 5.41) is 11.0. The van der Waals surface area contributed by atoms with E-state index in [-0.39, 0.29) is 38.9 Å². The summed E-state index contributed by atoms with van der Waals surface area (Å²) in [4.78, 5) is 24.7. The second-order valence-electron chi connectivity index (χ2n) is 5.25. The van der Waals surface area contributed by atoms with E-state index in [1.165, 1.54) is 11.8 Å². The maximum Gasteiger partial charge on any atom is 0.308 e. The number of furan rings is 1. The Morgan fingerprint density at radius 2 is 2.00 bits per heavy atom. The molecule has 0 saturated carbocycles. The van der Waals surface area contributed by atoms with Crippen LogP contribution in [0.2, 0.25) is 10.0 Å². The summed E-state index contributed by atoms with van der Waals surface area (Å²) >= 11 is 12.3. The minimum atomic E-state index is -0.657. The molecular weight excluding hydrogens is 357 g/mol. The number of rotatable bonds is 3. The molecule has 3 rings (SSSR count). The summed E-state index contributed by atoms with van der Waals surface area (Å²) in [7, 11) is 0. The van der Waals surface area contributed by atoms with Crippen molar-refractivity contribution in [3.8, 4) is 22.8 Å². The zero-order chi connectivity index (χ0) is 17.4. The van der Waals surface area contributed by atoms with Crippen LogP contribution < -0.4 is 9.64 Å². The van der Waals surface area contributed by atoms with Gasteiger partial charge in [0.25, 0.3) is 5.88 Å². The highest BCUT2D eigenvalue weighted by Gasteiger charge is 2.34. The molecule has 2 aromatic rings. The predicted octanol–water partition coefficient (Wildman–Crippen LogP) is 4.01. The molecule has 1 saturated heterocycles. The topological polar surface area (TPSA) is 80.0 Å². The van der Waals surface area contributed by atoms with Gasteiger partial charge in [-0.05, 0) is 18.6 Å². The second kappa shape index (κ2) is 6.37. The van der Waals surface area contributed by atoms with Crippen LogP contribution >= 0.6 is 23.2 Å². The summed E-state index contributed by atoms with van der Waals surface area (Å²) in [6.45, 7) is 1.58. The van der Waals surface area contributed by atoms with Crippen molar-refractivity contribution in [2.75, 3.05) is 11.4 Å². The van der Waals surface area contributed by atoms with E-state index in [1.54, 1.807) is 18.2 Å². The number of benzene rings is 1. The van der Waals surface area contributed by atoms with Crippen LogP contribution in [0.4, 0.5) is 5.88 Å². The van der Waals surface area contributed by atoms with E-state index in [4.69, 9.17) is 32.4 Å². The molecule has 126 valence electrons. The highest BCUT2D eigenvalue weighted by molar-refractivity contribution is 6.39. The lowest BCUT2D eigenvalue weighted by molar-refractivity contribution is -0.132. The molecular formula is C16H13Cl2NO5. The first kappa shape index (κ1) is 16.7. The number of halogens is 2. The van der Waals surface area contributed by atoms with Gasteiger partial charge in [-0.25, -0.2) is 0 Å². The lowest BCUT2D eigenvalue weighted by atomic mass is 10.1. The van der Waals surface area contributed by atoms with Crippen LogP contribution in [-0.4, -0.2) is 23.5 Å². The van der Waals surface area contributed by atoms with Gasteiger partial charge in [0.2, 0.25) is 17.4 Å². The smallest absolute Gasteiger partial charge is 0.308 e. The Morgan fingerprint density at radius 1 is 1.33 bits per heavy atom. The molecule has 6 nitrogen and oxygen atoms in total. The van der Waals surface area contributed by atoms with Gasteiger partial charge in [0, 0.05) is 19.9 Å². The highest BCUT2D eigenvalue weighted by atomic mass is 35.5. The first-order valence-corrected chi connectivity index (χ1v) is 7.94. The SMILES string of the molecule is CC(=O)Oc1c(N2CCCC2=O)oc(-c2c(Cl)cccc2Cl)c1O. The third-order valence-corrected chi connectivity index (χ3v) is 4.21. The van der Waals surface area contributed by atoms with Crippen LogP contribution in [0.3, 0.4) is 0 Å². The minimum absolute atomic E-state index is 0.0313. The number of anilines is 1. The highest BCUT2D eigenvalue weighted by Crippen LogP contribution is 2.51. The van der Waals surface area contributed by atoms with Gasteiger partial charge in [-0.1, -0.05) is 29.3 Å². The summed E-state index contributed by atoms with van der Waals surface area (Å²) in [5.74, 6) is -1.59. The zero-order valence-corrected chi connectivity index (χ0v) is 14.1. The third-order valence-electron chi connectivity index (χ3n) is 3.58. The molecule has 1 aromatic carbocycles. The Balaban J connectivity index is 2.20. The Bertz CT molecular complexity index is 810. The van der Waals surface area contributed by atoms with E-state index in [1.807, 2.05) is 0 Å². The Morgan fingerprint density at radius 3 is 2.54 bits per heavy atom. The van der Waals surface area contributed by atoms with E-state index in [9.17, 15) is 14.7 Å². The van der Waals surface area contributed by atoms with Crippen LogP contribution in [-0.2, 0) is 9.59 Å². The molecule has 1 fully saturated rings. The van der Waals surface area contributed by atoms with Crippen molar-refractivity contribution < 1.29 is 23.8 Å². The lowest BCUT2D eigenvalue weighted by Crippen LogP contribution is -2.24. The quantitative estimate of drug-likeness (QED) is 0.826. The number of aromatic hydroxyl groups is 1. The van der Waals surface area contributed by atoms with Crippen LogP contribution in [0.25, 0.3) is 11.3 Å². The number of hydrogen-bond donors (Lipinski definition) is 1. The molecule has 0 bridgehead atoms. The molecule has 1 amide bonds. The first-order chi connectivity index (χ1) is 11.4. The largest absolute Gasteiger partial charge is 0.502 e. The number of hydrogen-bond acceptors (Lipinski definition) is 5. The fourth-order valence-electron chi connectivity index (χ4n) is 2.56. The molecule has 0 atom stereocenters. The Hall–Kier alpha value is -2.18. The summed E-state index contributed by atoms with van der Waals surface area (Å²) in [6, 6.07) is 4.81. The van der Waals surface area contributed by atoms with Crippen molar-refractivity contribution in [3.05, 3.63) is 28.2 Å². The fourth-order valence-corrected chi connectivity index (χ4v) is 3.13. The summed E-state index contributed by atoms with van der Waals surface area (Å²) < 4.78 is 10.7. The van der Waals surface area contributed by atoms with E-state index in [0.717, 1.165) is 0 Å². The number of carbonyl (C=O) groups is 2. The van der Waals surface area contributed by atoms with Gasteiger partial charge in [0.05, 0.1) is 15.6 Å². The van der Waals surface area contributed by atoms with E-state index >= 15 is 0 Å². The molecule has 0 unspecified atom stereocenters. The van der Waals surface area contributed by atoms with Gasteiger partial charge >= 0.3 is 5.97 Å². The predicted molar refractivity (Wildman–Crippen MR) is 88.7 cm³/mol. The molecule has 0 spiro atoms. The van der Waals surface area contributed by atoms with E-state index in [0.29, 0.717) is 19.4 Å². The fraction of sp³-hybridized carbons (Fsp3) is 0.250. The van der Waals surface area contributed by atoms with Gasteiger partial charge in [-0.15, -0.1) is 0 Å². The van der Waals surface area contributed by atoms with Crippen molar-refractivity contribution in [1.82, 2.24) is 0 Å². The Kier molecular flexibility index (Phi) is 4.43. The monoisotopic (exact) mass is 369 g/mol. The zero-order valence-electron chi connectivity index (χ0n) is 12.6. The van der Waals surface area contributed by atoms with Crippen molar-refractivity contribution in [2.24, 2.45) is 0 Å². The molecule has 2 heterocycles. The van der Waals surface area contributed by atoms with Crippen LogP contribution in [0.1, 0.15) is 19.8 Å². The van der Waals surface area contributed by atoms with Crippen LogP contribution in [0, 0.1) is 0 Å². The molecule has 1 aromatic heterocycles. The minimum Gasteiger partial charge on any atom is -0.502 e. The van der Waals surface area contributed by atoms with Gasteiger partial charge in [-0.2, -0.15) is 0 Å². The van der Waals surface area contributed by atoms with Gasteiger partial charge in [-0.3, -0.25) is 14.5 Å². The van der Waals surface area contributed by atoms with Gasteiger partial charge in [0.1, 0.15) is 0 Å². The third kappa shape index (κ3) is 2.83. The molecule has 24 heavy (non-hydrogen) atoms. The molecule has 1 N–H and O–H groups in total. The average molecular weight is 370 g/mol. The van der Waals surface area contributed by atoms with Crippen LogP contribution in [0.5, 0.6) is 11.5 Å². The van der Waals surface area contributed by atoms with E-state index < -0.39 is 11.7 Å². The normalized spacial score (nSPS) is 14.3. The maximum absolute atomic E-state index is 12.0. The maximum atomic E-state index is 12.0. The van der Waals surface area contributed by atoms with Crippen molar-refractivity contribution in [1.29, 1.82) is 0 Å². The number of nitrogens with zero attached hydrogens (tertiary/aromatic N) is 1. The van der Waals surface area contributed by atoms with Gasteiger partial charge in [0.15, 0.2) is 5.76 Å². The molecule has 1 aliphatic rings. The van der Waals surface area contributed by atoms with Crippen molar-refractivity contribution in [3.63, 3.8) is 0 Å². The average Bonchev–Trinajstić information content (AvgIpc) is 3.05. The summed E-state index contributed by atoms with van der Waals surface area (Å²) in [6.07, 6.45) is 0.991. The second-order valence-corrected chi connectivity index (χ2v) is 6.07. The molecule has 0 radical (unpaired) electrons. The van der Waals surface area contributed by atoms with Crippen molar-refractivity contribution >= 4 is 41.0 Å². The Labute approximate surface area is 147 Å². The number of esters is 1. The molecule has 1 aliphatic heterocycles. The van der Waals surface area contributed by atoms with E-state index in [2.05, 4.69) is 0 Å². The summed E-state index contributed by atoms with van der Waals surface area (Å²) in [5.41, 5.74) is 0.254. The number of amides is 1. The van der Waals surface area contributed by atoms with Crippen LogP contribution in [0.15, 0.2) is 22.6 Å². The van der Waals surface area contributed by atoms with Gasteiger partial charge < -0.3 is 14.3 Å². The first-order valence-electron chi connectivity index (χ1n) is 7.19. The molecule has 0 aliphatic carbocycles. The molecule has 8 heteroatoms. The lowest BCUT2D eigenvalue weighted by Gasteiger charge is -2.13. The number of carbonyl (C=O) groups excluding carboxylic acids is 2. The van der Waals surface area contributed by atoms with Crippen molar-refractivity contribution in [2.45, 2.75) is 19.8 Å². The standard InChI is InChI=1S/C16H13Cl2NO5/c1-8(20)23-15-13(22)14(12-9(17)4-2-5-10(12)18)24-16(15)19-7-3-6-11(19)21/h2,4-5,22H,3,6-7H2,1H3. The number of ether oxygens (including phenoxy) is 1.